The number of halogens is 1. The number of piperidine rings is 1. The Hall–Kier alpha value is -0.900. The van der Waals surface area contributed by atoms with Crippen molar-refractivity contribution in [1.29, 1.82) is 0 Å². The predicted molar refractivity (Wildman–Crippen MR) is 55.2 cm³/mol. The van der Waals surface area contributed by atoms with Gasteiger partial charge in [0.05, 0.1) is 5.69 Å². The molecule has 1 saturated heterocycles. The summed E-state index contributed by atoms with van der Waals surface area (Å²) in [5, 5.41) is 3.91. The Morgan fingerprint density at radius 1 is 1.67 bits per heavy atom. The van der Waals surface area contributed by atoms with Gasteiger partial charge in [0.2, 0.25) is 0 Å². The molecule has 15 heavy (non-hydrogen) atoms. The van der Waals surface area contributed by atoms with Gasteiger partial charge in [-0.1, -0.05) is 12.1 Å². The summed E-state index contributed by atoms with van der Waals surface area (Å²) >= 11 is 0. The van der Waals surface area contributed by atoms with E-state index in [1.54, 1.807) is 0 Å². The third-order valence-corrected chi connectivity index (χ3v) is 3.01. The lowest BCUT2D eigenvalue weighted by atomic mass is 9.97. The summed E-state index contributed by atoms with van der Waals surface area (Å²) < 4.78 is 18.4. The van der Waals surface area contributed by atoms with E-state index in [4.69, 9.17) is 4.52 Å². The molecule has 84 valence electrons. The van der Waals surface area contributed by atoms with E-state index in [0.29, 0.717) is 13.1 Å². The van der Waals surface area contributed by atoms with Crippen LogP contribution in [0.3, 0.4) is 0 Å². The van der Waals surface area contributed by atoms with Crippen LogP contribution in [0.4, 0.5) is 4.39 Å². The zero-order valence-electron chi connectivity index (χ0n) is 9.24. The van der Waals surface area contributed by atoms with Crippen LogP contribution >= 0.6 is 0 Å². The molecule has 1 aliphatic rings. The molecule has 1 aromatic heterocycles. The minimum Gasteiger partial charge on any atom is -0.361 e. The summed E-state index contributed by atoms with van der Waals surface area (Å²) in [7, 11) is 0. The Kier molecular flexibility index (Phi) is 3.05. The molecule has 1 aromatic rings. The van der Waals surface area contributed by atoms with Crippen LogP contribution in [0.5, 0.6) is 0 Å². The molecule has 2 unspecified atom stereocenters. The largest absolute Gasteiger partial charge is 0.361 e. The predicted octanol–water partition coefficient (Wildman–Crippen LogP) is 2.16. The number of nitrogens with zero attached hydrogens (tertiary/aromatic N) is 2. The highest BCUT2D eigenvalue weighted by molar-refractivity contribution is 5.03. The number of hydrogen-bond donors (Lipinski definition) is 0. The molecule has 0 spiro atoms. The summed E-state index contributed by atoms with van der Waals surface area (Å²) in [6, 6.07) is 1.91. The number of rotatable bonds is 2. The third kappa shape index (κ3) is 2.56. The summed E-state index contributed by atoms with van der Waals surface area (Å²) in [5.41, 5.74) is 0.897. The zero-order chi connectivity index (χ0) is 10.8. The molecule has 0 radical (unpaired) electrons. The van der Waals surface area contributed by atoms with Crippen molar-refractivity contribution in [3.63, 3.8) is 0 Å². The lowest BCUT2D eigenvalue weighted by Gasteiger charge is -2.32. The first-order valence-corrected chi connectivity index (χ1v) is 5.44. The van der Waals surface area contributed by atoms with Gasteiger partial charge in [0, 0.05) is 19.2 Å². The monoisotopic (exact) mass is 212 g/mol. The van der Waals surface area contributed by atoms with Crippen LogP contribution in [-0.2, 0) is 6.54 Å². The van der Waals surface area contributed by atoms with Crippen molar-refractivity contribution in [1.82, 2.24) is 10.1 Å². The highest BCUT2D eigenvalue weighted by Gasteiger charge is 2.26. The van der Waals surface area contributed by atoms with E-state index in [0.717, 1.165) is 24.4 Å². The van der Waals surface area contributed by atoms with E-state index in [1.165, 1.54) is 0 Å². The van der Waals surface area contributed by atoms with Crippen LogP contribution in [-0.4, -0.2) is 29.3 Å². The highest BCUT2D eigenvalue weighted by atomic mass is 19.1. The van der Waals surface area contributed by atoms with Gasteiger partial charge >= 0.3 is 0 Å². The van der Waals surface area contributed by atoms with E-state index >= 15 is 0 Å². The first-order valence-electron chi connectivity index (χ1n) is 5.44. The Labute approximate surface area is 89.2 Å². The first-order chi connectivity index (χ1) is 7.15. The van der Waals surface area contributed by atoms with E-state index < -0.39 is 6.17 Å². The van der Waals surface area contributed by atoms with Gasteiger partial charge in [0.25, 0.3) is 0 Å². The molecule has 0 aliphatic carbocycles. The molecule has 1 aliphatic heterocycles. The molecule has 2 rings (SSSR count). The molecular formula is C11H17FN2O. The number of likely N-dealkylation sites (tertiary alicyclic amines) is 1. The smallest absolute Gasteiger partial charge is 0.133 e. The van der Waals surface area contributed by atoms with E-state index in [2.05, 4.69) is 10.1 Å². The third-order valence-electron chi connectivity index (χ3n) is 3.01. The molecule has 0 saturated carbocycles. The van der Waals surface area contributed by atoms with Crippen LogP contribution in [0.25, 0.3) is 0 Å². The molecule has 4 heteroatoms. The standard InChI is InChI=1S/C11H17FN2O/c1-8-3-4-14(7-11(8)12)6-10-5-9(2)15-13-10/h5,8,11H,3-4,6-7H2,1-2H3. The quantitative estimate of drug-likeness (QED) is 0.752. The molecule has 0 aromatic carbocycles. The fourth-order valence-corrected chi connectivity index (χ4v) is 1.95. The fourth-order valence-electron chi connectivity index (χ4n) is 1.95. The van der Waals surface area contributed by atoms with E-state index in [1.807, 2.05) is 19.9 Å². The van der Waals surface area contributed by atoms with Crippen LogP contribution < -0.4 is 0 Å². The molecular weight excluding hydrogens is 195 g/mol. The molecule has 1 fully saturated rings. The lowest BCUT2D eigenvalue weighted by Crippen LogP contribution is -2.40. The average molecular weight is 212 g/mol. The Bertz CT molecular complexity index is 326. The summed E-state index contributed by atoms with van der Waals surface area (Å²) in [4.78, 5) is 2.10. The van der Waals surface area contributed by atoms with Gasteiger partial charge in [0.1, 0.15) is 11.9 Å². The SMILES string of the molecule is Cc1cc(CN2CCC(C)C(F)C2)no1. The van der Waals surface area contributed by atoms with Crippen LogP contribution in [0.1, 0.15) is 24.8 Å². The summed E-state index contributed by atoms with van der Waals surface area (Å²) in [6.07, 6.45) is 0.226. The van der Waals surface area contributed by atoms with Crippen molar-refractivity contribution in [3.05, 3.63) is 17.5 Å². The van der Waals surface area contributed by atoms with Gasteiger partial charge in [-0.3, -0.25) is 4.90 Å². The number of aryl methyl sites for hydroxylation is 1. The topological polar surface area (TPSA) is 29.3 Å². The van der Waals surface area contributed by atoms with Crippen LogP contribution in [0.2, 0.25) is 0 Å². The number of aromatic nitrogens is 1. The van der Waals surface area contributed by atoms with Gasteiger partial charge in [-0.25, -0.2) is 4.39 Å². The summed E-state index contributed by atoms with van der Waals surface area (Å²) in [5.74, 6) is 1.01. The van der Waals surface area contributed by atoms with Crippen molar-refractivity contribution in [2.24, 2.45) is 5.92 Å². The Morgan fingerprint density at radius 2 is 2.47 bits per heavy atom. The molecule has 3 nitrogen and oxygen atoms in total. The highest BCUT2D eigenvalue weighted by Crippen LogP contribution is 2.21. The normalized spacial score (nSPS) is 28.2. The lowest BCUT2D eigenvalue weighted by molar-refractivity contribution is 0.0869. The van der Waals surface area contributed by atoms with Gasteiger partial charge < -0.3 is 4.52 Å². The molecule has 2 atom stereocenters. The number of alkyl halides is 1. The van der Waals surface area contributed by atoms with Crippen molar-refractivity contribution in [2.45, 2.75) is 33.0 Å². The molecule has 0 N–H and O–H groups in total. The van der Waals surface area contributed by atoms with Crippen LogP contribution in [0, 0.1) is 12.8 Å². The zero-order valence-corrected chi connectivity index (χ0v) is 9.24. The van der Waals surface area contributed by atoms with Crippen molar-refractivity contribution in [2.75, 3.05) is 13.1 Å². The van der Waals surface area contributed by atoms with Gasteiger partial charge in [-0.15, -0.1) is 0 Å². The van der Waals surface area contributed by atoms with Crippen molar-refractivity contribution >= 4 is 0 Å². The van der Waals surface area contributed by atoms with Crippen molar-refractivity contribution < 1.29 is 8.91 Å². The Balaban J connectivity index is 1.90. The molecule has 0 bridgehead atoms. The molecule has 2 heterocycles. The van der Waals surface area contributed by atoms with Gasteiger partial charge in [0.15, 0.2) is 0 Å². The van der Waals surface area contributed by atoms with E-state index in [9.17, 15) is 4.39 Å². The maximum atomic E-state index is 13.4. The Morgan fingerprint density at radius 3 is 3.07 bits per heavy atom. The summed E-state index contributed by atoms with van der Waals surface area (Å²) in [6.45, 7) is 6.01. The average Bonchev–Trinajstić information content (AvgIpc) is 2.58. The van der Waals surface area contributed by atoms with Crippen molar-refractivity contribution in [3.8, 4) is 0 Å². The maximum Gasteiger partial charge on any atom is 0.133 e. The second kappa shape index (κ2) is 4.31. The van der Waals surface area contributed by atoms with Gasteiger partial charge in [-0.2, -0.15) is 0 Å². The molecule has 0 amide bonds. The first kappa shape index (κ1) is 10.6. The second-order valence-corrected chi connectivity index (χ2v) is 4.45. The van der Waals surface area contributed by atoms with E-state index in [-0.39, 0.29) is 5.92 Å². The number of hydrogen-bond acceptors (Lipinski definition) is 3. The van der Waals surface area contributed by atoms with Crippen LogP contribution in [0.15, 0.2) is 10.6 Å². The minimum atomic E-state index is -0.702. The fraction of sp³-hybridized carbons (Fsp3) is 0.727. The van der Waals surface area contributed by atoms with Gasteiger partial charge in [-0.05, 0) is 25.8 Å². The maximum absolute atomic E-state index is 13.4. The minimum absolute atomic E-state index is 0.195. The second-order valence-electron chi connectivity index (χ2n) is 4.45.